The molecule has 2 aromatic carbocycles. The molecule has 6 heteroatoms. The Hall–Kier alpha value is -2.86. The van der Waals surface area contributed by atoms with E-state index >= 15 is 0 Å². The number of anilines is 1. The smallest absolute Gasteiger partial charge is 0.271 e. The second-order valence-electron chi connectivity index (χ2n) is 5.08. The van der Waals surface area contributed by atoms with Crippen LogP contribution in [0.1, 0.15) is 21.5 Å². The van der Waals surface area contributed by atoms with Gasteiger partial charge in [0.1, 0.15) is 5.75 Å². The van der Waals surface area contributed by atoms with E-state index in [0.717, 1.165) is 16.8 Å². The minimum atomic E-state index is -0.429. The summed E-state index contributed by atoms with van der Waals surface area (Å²) in [4.78, 5) is 23.3. The van der Waals surface area contributed by atoms with Crippen LogP contribution in [0.3, 0.4) is 0 Å². The molecular formula is C17H19N3O3. The van der Waals surface area contributed by atoms with Gasteiger partial charge in [0.25, 0.3) is 11.8 Å². The van der Waals surface area contributed by atoms with Crippen molar-refractivity contribution in [2.24, 2.45) is 5.84 Å². The Morgan fingerprint density at radius 3 is 2.43 bits per heavy atom. The average Bonchev–Trinajstić information content (AvgIpc) is 2.57. The topological polar surface area (TPSA) is 93.4 Å². The van der Waals surface area contributed by atoms with Crippen LogP contribution in [0, 0.1) is 13.8 Å². The molecule has 2 aromatic rings. The molecule has 0 aliphatic carbocycles. The third-order valence-electron chi connectivity index (χ3n) is 3.50. The lowest BCUT2D eigenvalue weighted by molar-refractivity contribution is -0.123. The van der Waals surface area contributed by atoms with Crippen LogP contribution in [0.25, 0.3) is 0 Å². The molecule has 0 unspecified atom stereocenters. The van der Waals surface area contributed by atoms with Gasteiger partial charge in [-0.2, -0.15) is 0 Å². The van der Waals surface area contributed by atoms with E-state index in [2.05, 4.69) is 5.32 Å². The van der Waals surface area contributed by atoms with E-state index in [1.807, 2.05) is 37.5 Å². The molecule has 0 atom stereocenters. The maximum atomic E-state index is 12.3. The van der Waals surface area contributed by atoms with Crippen molar-refractivity contribution in [3.8, 4) is 5.75 Å². The lowest BCUT2D eigenvalue weighted by Gasteiger charge is -2.11. The summed E-state index contributed by atoms with van der Waals surface area (Å²) < 4.78 is 5.22. The van der Waals surface area contributed by atoms with Gasteiger partial charge in [-0.25, -0.2) is 5.84 Å². The Labute approximate surface area is 134 Å². The molecule has 2 amide bonds. The van der Waals surface area contributed by atoms with Crippen molar-refractivity contribution in [1.82, 2.24) is 5.43 Å². The predicted molar refractivity (Wildman–Crippen MR) is 88.1 cm³/mol. The lowest BCUT2D eigenvalue weighted by Crippen LogP contribution is -2.34. The van der Waals surface area contributed by atoms with Gasteiger partial charge in [-0.3, -0.25) is 15.0 Å². The van der Waals surface area contributed by atoms with Crippen LogP contribution in [0.2, 0.25) is 0 Å². The van der Waals surface area contributed by atoms with Crippen LogP contribution in [0.4, 0.5) is 5.69 Å². The highest BCUT2D eigenvalue weighted by molar-refractivity contribution is 6.04. The molecule has 0 heterocycles. The van der Waals surface area contributed by atoms with E-state index in [0.29, 0.717) is 11.3 Å². The van der Waals surface area contributed by atoms with E-state index in [1.165, 1.54) is 0 Å². The molecule has 4 N–H and O–H groups in total. The third-order valence-corrected chi connectivity index (χ3v) is 3.50. The van der Waals surface area contributed by atoms with E-state index in [-0.39, 0.29) is 12.5 Å². The standard InChI is InChI=1S/C17H19N3O3/c1-11-4-3-5-15(12(11)2)19-17(22)13-6-8-14(9-7-13)23-10-16(21)20-18/h3-9H,10,18H2,1-2H3,(H,19,22)(H,20,21). The van der Waals surface area contributed by atoms with E-state index in [4.69, 9.17) is 10.6 Å². The number of rotatable bonds is 5. The number of ether oxygens (including phenoxy) is 1. The van der Waals surface area contributed by atoms with E-state index in [1.54, 1.807) is 24.3 Å². The van der Waals surface area contributed by atoms with Crippen molar-refractivity contribution in [2.75, 3.05) is 11.9 Å². The molecule has 2 rings (SSSR count). The van der Waals surface area contributed by atoms with Crippen molar-refractivity contribution in [3.05, 3.63) is 59.2 Å². The number of amides is 2. The highest BCUT2D eigenvalue weighted by Crippen LogP contribution is 2.19. The highest BCUT2D eigenvalue weighted by Gasteiger charge is 2.09. The number of carbonyl (C=O) groups excluding carboxylic acids is 2. The number of nitrogens with two attached hydrogens (primary N) is 1. The summed E-state index contributed by atoms with van der Waals surface area (Å²) >= 11 is 0. The van der Waals surface area contributed by atoms with E-state index in [9.17, 15) is 9.59 Å². The Kier molecular flexibility index (Phi) is 5.32. The number of nitrogens with one attached hydrogen (secondary N) is 2. The highest BCUT2D eigenvalue weighted by atomic mass is 16.5. The molecule has 120 valence electrons. The van der Waals surface area contributed by atoms with Crippen LogP contribution in [0.15, 0.2) is 42.5 Å². The Morgan fingerprint density at radius 1 is 1.09 bits per heavy atom. The fourth-order valence-corrected chi connectivity index (χ4v) is 1.97. The summed E-state index contributed by atoms with van der Waals surface area (Å²) in [6.07, 6.45) is 0. The SMILES string of the molecule is Cc1cccc(NC(=O)c2ccc(OCC(=O)NN)cc2)c1C. The van der Waals surface area contributed by atoms with Gasteiger partial charge in [-0.15, -0.1) is 0 Å². The molecule has 0 radical (unpaired) electrons. The lowest BCUT2D eigenvalue weighted by atomic mass is 10.1. The number of hydrogen-bond acceptors (Lipinski definition) is 4. The molecular weight excluding hydrogens is 294 g/mol. The van der Waals surface area contributed by atoms with Gasteiger partial charge in [0.15, 0.2) is 6.61 Å². The molecule has 0 fully saturated rings. The largest absolute Gasteiger partial charge is 0.484 e. The summed E-state index contributed by atoms with van der Waals surface area (Å²) in [6.45, 7) is 3.78. The maximum absolute atomic E-state index is 12.3. The molecule has 0 bridgehead atoms. The van der Waals surface area contributed by atoms with Gasteiger partial charge < -0.3 is 10.1 Å². The zero-order valence-electron chi connectivity index (χ0n) is 13.1. The van der Waals surface area contributed by atoms with Crippen molar-refractivity contribution < 1.29 is 14.3 Å². The molecule has 6 nitrogen and oxygen atoms in total. The number of benzene rings is 2. The van der Waals surface area contributed by atoms with Gasteiger partial charge in [0.2, 0.25) is 0 Å². The summed E-state index contributed by atoms with van der Waals surface area (Å²) in [6, 6.07) is 12.3. The van der Waals surface area contributed by atoms with Crippen LogP contribution in [-0.4, -0.2) is 18.4 Å². The quantitative estimate of drug-likeness (QED) is 0.446. The molecule has 0 aliphatic heterocycles. The number of aryl methyl sites for hydroxylation is 1. The van der Waals surface area contributed by atoms with Crippen molar-refractivity contribution in [1.29, 1.82) is 0 Å². The van der Waals surface area contributed by atoms with Gasteiger partial charge >= 0.3 is 0 Å². The first-order chi connectivity index (χ1) is 11.0. The normalized spacial score (nSPS) is 10.0. The fraction of sp³-hybridized carbons (Fsp3) is 0.176. The van der Waals surface area contributed by atoms with Crippen molar-refractivity contribution in [2.45, 2.75) is 13.8 Å². The first kappa shape index (κ1) is 16.5. The van der Waals surface area contributed by atoms with Crippen molar-refractivity contribution in [3.63, 3.8) is 0 Å². The van der Waals surface area contributed by atoms with Gasteiger partial charge in [0.05, 0.1) is 0 Å². The maximum Gasteiger partial charge on any atom is 0.271 e. The van der Waals surface area contributed by atoms with Crippen LogP contribution in [-0.2, 0) is 4.79 Å². The van der Waals surface area contributed by atoms with Crippen LogP contribution in [0.5, 0.6) is 5.75 Å². The number of hydrogen-bond donors (Lipinski definition) is 3. The minimum Gasteiger partial charge on any atom is -0.484 e. The fourth-order valence-electron chi connectivity index (χ4n) is 1.97. The van der Waals surface area contributed by atoms with Crippen molar-refractivity contribution >= 4 is 17.5 Å². The molecule has 0 aliphatic rings. The summed E-state index contributed by atoms with van der Waals surface area (Å²) in [7, 11) is 0. The first-order valence-electron chi connectivity index (χ1n) is 7.11. The molecule has 0 saturated heterocycles. The molecule has 0 saturated carbocycles. The predicted octanol–water partition coefficient (Wildman–Crippen LogP) is 1.92. The van der Waals surface area contributed by atoms with Crippen LogP contribution < -0.4 is 21.3 Å². The zero-order chi connectivity index (χ0) is 16.8. The molecule has 23 heavy (non-hydrogen) atoms. The number of carbonyl (C=O) groups is 2. The Bertz CT molecular complexity index is 712. The third kappa shape index (κ3) is 4.31. The van der Waals surface area contributed by atoms with Crippen LogP contribution >= 0.6 is 0 Å². The second-order valence-corrected chi connectivity index (χ2v) is 5.08. The molecule has 0 spiro atoms. The molecule has 0 aromatic heterocycles. The zero-order valence-corrected chi connectivity index (χ0v) is 13.1. The van der Waals surface area contributed by atoms with Gasteiger partial charge in [0, 0.05) is 11.3 Å². The average molecular weight is 313 g/mol. The van der Waals surface area contributed by atoms with E-state index < -0.39 is 5.91 Å². The Balaban J connectivity index is 2.03. The monoisotopic (exact) mass is 313 g/mol. The number of hydrazine groups is 1. The summed E-state index contributed by atoms with van der Waals surface area (Å²) in [5, 5.41) is 2.89. The second kappa shape index (κ2) is 7.42. The first-order valence-corrected chi connectivity index (χ1v) is 7.11. The summed E-state index contributed by atoms with van der Waals surface area (Å²) in [5.74, 6) is 4.81. The summed E-state index contributed by atoms with van der Waals surface area (Å²) in [5.41, 5.74) is 5.41. The van der Waals surface area contributed by atoms with Gasteiger partial charge in [-0.1, -0.05) is 12.1 Å². The Morgan fingerprint density at radius 2 is 1.78 bits per heavy atom. The van der Waals surface area contributed by atoms with Gasteiger partial charge in [-0.05, 0) is 55.3 Å². The minimum absolute atomic E-state index is 0.176.